The molecule has 0 amide bonds. The predicted octanol–water partition coefficient (Wildman–Crippen LogP) is 1.50. The third-order valence-corrected chi connectivity index (χ3v) is 3.75. The molecule has 0 fully saturated rings. The van der Waals surface area contributed by atoms with Crippen LogP contribution in [-0.4, -0.2) is 32.3 Å². The summed E-state index contributed by atoms with van der Waals surface area (Å²) >= 11 is 0. The molecule has 108 valence electrons. The smallest absolute Gasteiger partial charge is 0.382 e. The van der Waals surface area contributed by atoms with Gasteiger partial charge in [0.25, 0.3) is 0 Å². The topological polar surface area (TPSA) is 66.4 Å². The highest BCUT2D eigenvalue weighted by atomic mass is 32.2. The Labute approximate surface area is 109 Å². The second-order valence-corrected chi connectivity index (χ2v) is 6.00. The van der Waals surface area contributed by atoms with E-state index in [0.717, 1.165) is 0 Å². The summed E-state index contributed by atoms with van der Waals surface area (Å²) in [5.41, 5.74) is 1.36. The molecule has 0 aliphatic carbocycles. The van der Waals surface area contributed by atoms with Crippen LogP contribution in [0.15, 0.2) is 23.1 Å². The second-order valence-electron chi connectivity index (χ2n) is 4.23. The molecule has 1 atom stereocenters. The van der Waals surface area contributed by atoms with E-state index in [1.165, 1.54) is 12.1 Å². The van der Waals surface area contributed by atoms with Crippen molar-refractivity contribution < 1.29 is 26.7 Å². The number of aliphatic hydroxyl groups excluding tert-OH is 1. The highest BCUT2D eigenvalue weighted by Crippen LogP contribution is 2.20. The maximum Gasteiger partial charge on any atom is 0.415 e. The van der Waals surface area contributed by atoms with Crippen molar-refractivity contribution in [2.45, 2.75) is 31.0 Å². The van der Waals surface area contributed by atoms with Crippen LogP contribution in [0, 0.1) is 13.8 Å². The van der Waals surface area contributed by atoms with Gasteiger partial charge in [-0.25, -0.2) is 13.1 Å². The van der Waals surface area contributed by atoms with Gasteiger partial charge in [-0.15, -0.1) is 0 Å². The maximum absolute atomic E-state index is 12.1. The van der Waals surface area contributed by atoms with E-state index in [-0.39, 0.29) is 4.90 Å². The van der Waals surface area contributed by atoms with Gasteiger partial charge in [0.1, 0.15) is 0 Å². The molecule has 1 aromatic carbocycles. The van der Waals surface area contributed by atoms with Gasteiger partial charge in [-0.1, -0.05) is 6.07 Å². The third kappa shape index (κ3) is 4.48. The number of nitrogens with one attached hydrogen (secondary N) is 1. The molecule has 4 nitrogen and oxygen atoms in total. The lowest BCUT2D eigenvalue weighted by Gasteiger charge is -2.15. The molecule has 8 heteroatoms. The Kier molecular flexibility index (Phi) is 4.59. The lowest BCUT2D eigenvalue weighted by atomic mass is 10.2. The summed E-state index contributed by atoms with van der Waals surface area (Å²) in [6.07, 6.45) is -7.58. The fourth-order valence-electron chi connectivity index (χ4n) is 1.48. The number of aryl methyl sites for hydroxylation is 2. The molecule has 0 aliphatic rings. The summed E-state index contributed by atoms with van der Waals surface area (Å²) in [5, 5.41) is 8.75. The summed E-state index contributed by atoms with van der Waals surface area (Å²) in [6, 6.07) is 4.42. The van der Waals surface area contributed by atoms with Crippen LogP contribution >= 0.6 is 0 Å². The summed E-state index contributed by atoms with van der Waals surface area (Å²) in [6.45, 7) is 2.24. The molecular formula is C11H14F3NO3S. The molecule has 0 heterocycles. The molecule has 0 saturated carbocycles. The number of hydrogen-bond donors (Lipinski definition) is 2. The Morgan fingerprint density at radius 3 is 2.11 bits per heavy atom. The van der Waals surface area contributed by atoms with E-state index >= 15 is 0 Å². The number of sulfonamides is 1. The van der Waals surface area contributed by atoms with E-state index < -0.39 is 28.8 Å². The fraction of sp³-hybridized carbons (Fsp3) is 0.455. The average Bonchev–Trinajstić information content (AvgIpc) is 2.23. The number of aliphatic hydroxyl groups is 1. The number of hydrogen-bond acceptors (Lipinski definition) is 3. The first kappa shape index (κ1) is 15.9. The Morgan fingerprint density at radius 2 is 1.68 bits per heavy atom. The van der Waals surface area contributed by atoms with E-state index in [0.29, 0.717) is 11.1 Å². The number of benzene rings is 1. The zero-order valence-electron chi connectivity index (χ0n) is 10.3. The molecule has 0 saturated heterocycles. The summed E-state index contributed by atoms with van der Waals surface area (Å²) in [5.74, 6) is 0. The molecular weight excluding hydrogens is 283 g/mol. The van der Waals surface area contributed by atoms with Crippen molar-refractivity contribution in [2.24, 2.45) is 0 Å². The summed E-state index contributed by atoms with van der Waals surface area (Å²) in [7, 11) is -4.07. The van der Waals surface area contributed by atoms with Gasteiger partial charge in [0.2, 0.25) is 10.0 Å². The number of halogens is 3. The Bertz CT molecular complexity index is 535. The Morgan fingerprint density at radius 1 is 1.21 bits per heavy atom. The highest BCUT2D eigenvalue weighted by molar-refractivity contribution is 7.89. The molecule has 0 spiro atoms. The molecule has 1 unspecified atom stereocenters. The predicted molar refractivity (Wildman–Crippen MR) is 63.2 cm³/mol. The van der Waals surface area contributed by atoms with Gasteiger partial charge in [-0.05, 0) is 37.1 Å². The van der Waals surface area contributed by atoms with Crippen LogP contribution in [-0.2, 0) is 10.0 Å². The first-order valence-corrected chi connectivity index (χ1v) is 6.83. The summed E-state index contributed by atoms with van der Waals surface area (Å²) < 4.78 is 61.5. The highest BCUT2D eigenvalue weighted by Gasteiger charge is 2.38. The zero-order chi connectivity index (χ0) is 14.8. The van der Waals surface area contributed by atoms with E-state index in [1.807, 2.05) is 0 Å². The first-order valence-electron chi connectivity index (χ1n) is 5.35. The molecule has 0 aliphatic heterocycles. The first-order chi connectivity index (χ1) is 8.52. The SMILES string of the molecule is Cc1cc(C)cc(S(=O)(=O)NCC(O)C(F)(F)F)c1. The average molecular weight is 297 g/mol. The van der Waals surface area contributed by atoms with E-state index in [1.54, 1.807) is 24.6 Å². The summed E-state index contributed by atoms with van der Waals surface area (Å²) in [4.78, 5) is -0.126. The van der Waals surface area contributed by atoms with Crippen molar-refractivity contribution in [3.05, 3.63) is 29.3 Å². The van der Waals surface area contributed by atoms with Gasteiger partial charge in [0.15, 0.2) is 6.10 Å². The zero-order valence-corrected chi connectivity index (χ0v) is 11.1. The molecule has 0 bridgehead atoms. The molecule has 1 aromatic rings. The van der Waals surface area contributed by atoms with Crippen molar-refractivity contribution >= 4 is 10.0 Å². The maximum atomic E-state index is 12.1. The van der Waals surface area contributed by atoms with E-state index in [9.17, 15) is 21.6 Å². The minimum absolute atomic E-state index is 0.126. The largest absolute Gasteiger partial charge is 0.415 e. The van der Waals surface area contributed by atoms with Gasteiger partial charge in [0.05, 0.1) is 4.90 Å². The van der Waals surface area contributed by atoms with Crippen molar-refractivity contribution in [1.82, 2.24) is 4.72 Å². The molecule has 1 rings (SSSR count). The van der Waals surface area contributed by atoms with Gasteiger partial charge in [-0.2, -0.15) is 13.2 Å². The monoisotopic (exact) mass is 297 g/mol. The lowest BCUT2D eigenvalue weighted by molar-refractivity contribution is -0.200. The van der Waals surface area contributed by atoms with Crippen molar-refractivity contribution in [3.63, 3.8) is 0 Å². The second kappa shape index (κ2) is 5.48. The van der Waals surface area contributed by atoms with Gasteiger partial charge in [0, 0.05) is 6.54 Å². The lowest BCUT2D eigenvalue weighted by Crippen LogP contribution is -2.40. The number of alkyl halides is 3. The fourth-order valence-corrected chi connectivity index (χ4v) is 2.70. The molecule has 0 aromatic heterocycles. The minimum atomic E-state index is -4.86. The van der Waals surface area contributed by atoms with Crippen LogP contribution in [0.5, 0.6) is 0 Å². The minimum Gasteiger partial charge on any atom is -0.382 e. The molecule has 0 radical (unpaired) electrons. The van der Waals surface area contributed by atoms with Crippen LogP contribution < -0.4 is 4.72 Å². The van der Waals surface area contributed by atoms with Crippen LogP contribution in [0.3, 0.4) is 0 Å². The van der Waals surface area contributed by atoms with Crippen molar-refractivity contribution in [2.75, 3.05) is 6.54 Å². The molecule has 19 heavy (non-hydrogen) atoms. The van der Waals surface area contributed by atoms with Crippen LogP contribution in [0.2, 0.25) is 0 Å². The van der Waals surface area contributed by atoms with Crippen molar-refractivity contribution in [3.8, 4) is 0 Å². The van der Waals surface area contributed by atoms with Crippen LogP contribution in [0.25, 0.3) is 0 Å². The van der Waals surface area contributed by atoms with Crippen LogP contribution in [0.4, 0.5) is 13.2 Å². The third-order valence-electron chi connectivity index (χ3n) is 2.35. The van der Waals surface area contributed by atoms with Gasteiger partial charge in [-0.3, -0.25) is 0 Å². The van der Waals surface area contributed by atoms with Crippen LogP contribution in [0.1, 0.15) is 11.1 Å². The van der Waals surface area contributed by atoms with Gasteiger partial charge >= 0.3 is 6.18 Å². The van der Waals surface area contributed by atoms with E-state index in [4.69, 9.17) is 5.11 Å². The normalized spacial score (nSPS) is 14.4. The quantitative estimate of drug-likeness (QED) is 0.885. The van der Waals surface area contributed by atoms with Crippen molar-refractivity contribution in [1.29, 1.82) is 0 Å². The Balaban J connectivity index is 2.88. The van der Waals surface area contributed by atoms with E-state index in [2.05, 4.69) is 0 Å². The Hall–Kier alpha value is -1.12. The number of rotatable bonds is 4. The molecule has 2 N–H and O–H groups in total. The standard InChI is InChI=1S/C11H14F3NO3S/c1-7-3-8(2)5-9(4-7)19(17,18)15-6-10(16)11(12,13)14/h3-5,10,15-16H,6H2,1-2H3. The van der Waals surface area contributed by atoms with Gasteiger partial charge < -0.3 is 5.11 Å².